The van der Waals surface area contributed by atoms with Crippen molar-refractivity contribution in [3.05, 3.63) is 54.6 Å². The lowest BCUT2D eigenvalue weighted by Crippen LogP contribution is -2.51. The van der Waals surface area contributed by atoms with E-state index in [1.165, 1.54) is 17.7 Å². The summed E-state index contributed by atoms with van der Waals surface area (Å²) in [5.74, 6) is 0.159. The Bertz CT molecular complexity index is 954. The zero-order valence-electron chi connectivity index (χ0n) is 15.0. The minimum Gasteiger partial charge on any atom is -0.372 e. The molecule has 1 spiro atoms. The third kappa shape index (κ3) is 2.68. The smallest absolute Gasteiger partial charge is 0.224 e. The fraction of sp³-hybridized carbons (Fsp3) is 0.368. The molecular formula is C19H21N7O. The molecule has 1 aromatic carbocycles. The minimum absolute atomic E-state index is 0.121. The molecule has 2 aromatic heterocycles. The number of anilines is 1. The Morgan fingerprint density at radius 2 is 2.00 bits per heavy atom. The van der Waals surface area contributed by atoms with Crippen molar-refractivity contribution in [3.63, 3.8) is 0 Å². The average molecular weight is 363 g/mol. The first-order valence-electron chi connectivity index (χ1n) is 9.29. The predicted molar refractivity (Wildman–Crippen MR) is 99.3 cm³/mol. The summed E-state index contributed by atoms with van der Waals surface area (Å²) in [6.07, 6.45) is 5.87. The summed E-state index contributed by atoms with van der Waals surface area (Å²) in [5, 5.41) is 14.8. The molecule has 8 nitrogen and oxygen atoms in total. The molecule has 8 heteroatoms. The zero-order chi connectivity index (χ0) is 18.3. The molecule has 2 aliphatic rings. The number of aryl methyl sites for hydroxylation is 1. The van der Waals surface area contributed by atoms with Crippen LogP contribution >= 0.6 is 0 Å². The number of piperidine rings is 1. The number of rotatable bonds is 3. The Labute approximate surface area is 156 Å². The standard InChI is InChI=1S/C19H21N7O/c27-18(7-11-25-14-20-22-23-25)24-12-8-19(9-13-24)17-6-3-10-26(17)16-5-2-1-4-15(16)21-19/h1-6,10,14,21H,7-9,11-13H2. The molecule has 0 radical (unpaired) electrons. The van der Waals surface area contributed by atoms with E-state index in [1.807, 2.05) is 4.90 Å². The maximum absolute atomic E-state index is 12.6. The molecular weight excluding hydrogens is 342 g/mol. The Kier molecular flexibility index (Phi) is 3.70. The van der Waals surface area contributed by atoms with Crippen LogP contribution in [0.25, 0.3) is 5.69 Å². The SMILES string of the molecule is O=C(CCn1cnnn1)N1CCC2(CC1)Nc1ccccc1-n1cccc12. The predicted octanol–water partition coefficient (Wildman–Crippen LogP) is 1.80. The van der Waals surface area contributed by atoms with Crippen LogP contribution in [0, 0.1) is 0 Å². The Morgan fingerprint density at radius 1 is 1.15 bits per heavy atom. The van der Waals surface area contributed by atoms with Gasteiger partial charge in [0, 0.05) is 31.4 Å². The fourth-order valence-electron chi connectivity index (χ4n) is 4.26. The third-order valence-electron chi connectivity index (χ3n) is 5.69. The Balaban J connectivity index is 1.31. The summed E-state index contributed by atoms with van der Waals surface area (Å²) in [6, 6.07) is 12.7. The second kappa shape index (κ2) is 6.22. The molecule has 138 valence electrons. The lowest BCUT2D eigenvalue weighted by atomic mass is 9.82. The highest BCUT2D eigenvalue weighted by molar-refractivity contribution is 5.76. The molecule has 0 atom stereocenters. The molecule has 4 heterocycles. The Morgan fingerprint density at radius 3 is 2.81 bits per heavy atom. The van der Waals surface area contributed by atoms with E-state index in [0.29, 0.717) is 13.0 Å². The number of amides is 1. The maximum Gasteiger partial charge on any atom is 0.224 e. The summed E-state index contributed by atoms with van der Waals surface area (Å²) in [5.41, 5.74) is 3.49. The van der Waals surface area contributed by atoms with Gasteiger partial charge in [-0.1, -0.05) is 12.1 Å². The number of fused-ring (bicyclic) bond motifs is 4. The van der Waals surface area contributed by atoms with E-state index in [0.717, 1.165) is 31.6 Å². The van der Waals surface area contributed by atoms with E-state index >= 15 is 0 Å². The first-order chi connectivity index (χ1) is 13.3. The number of benzene rings is 1. The number of carbonyl (C=O) groups excluding carboxylic acids is 1. The first kappa shape index (κ1) is 16.0. The third-order valence-corrected chi connectivity index (χ3v) is 5.69. The molecule has 3 aromatic rings. The zero-order valence-corrected chi connectivity index (χ0v) is 15.0. The van der Waals surface area contributed by atoms with Gasteiger partial charge in [-0.05, 0) is 47.5 Å². The number of hydrogen-bond acceptors (Lipinski definition) is 5. The highest BCUT2D eigenvalue weighted by Gasteiger charge is 2.42. The molecule has 0 aliphatic carbocycles. The van der Waals surface area contributed by atoms with E-state index in [9.17, 15) is 4.79 Å². The largest absolute Gasteiger partial charge is 0.372 e. The average Bonchev–Trinajstić information content (AvgIpc) is 3.39. The number of nitrogens with zero attached hydrogens (tertiary/aromatic N) is 6. The molecule has 0 bridgehead atoms. The van der Waals surface area contributed by atoms with Gasteiger partial charge in [0.1, 0.15) is 6.33 Å². The van der Waals surface area contributed by atoms with Crippen molar-refractivity contribution in [3.8, 4) is 5.69 Å². The van der Waals surface area contributed by atoms with Crippen LogP contribution in [-0.2, 0) is 16.9 Å². The number of hydrogen-bond donors (Lipinski definition) is 1. The molecule has 1 N–H and O–H groups in total. The van der Waals surface area contributed by atoms with Gasteiger partial charge in [-0.15, -0.1) is 5.10 Å². The number of likely N-dealkylation sites (tertiary alicyclic amines) is 1. The summed E-state index contributed by atoms with van der Waals surface area (Å²) >= 11 is 0. The van der Waals surface area contributed by atoms with Gasteiger partial charge in [0.05, 0.1) is 23.5 Å². The normalized spacial score (nSPS) is 17.3. The maximum atomic E-state index is 12.6. The topological polar surface area (TPSA) is 80.9 Å². The van der Waals surface area contributed by atoms with Crippen LogP contribution < -0.4 is 5.32 Å². The van der Waals surface area contributed by atoms with E-state index < -0.39 is 0 Å². The van der Waals surface area contributed by atoms with E-state index in [2.05, 4.69) is 68.0 Å². The van der Waals surface area contributed by atoms with Crippen molar-refractivity contribution in [2.45, 2.75) is 31.3 Å². The second-order valence-corrected chi connectivity index (χ2v) is 7.19. The van der Waals surface area contributed by atoms with Crippen molar-refractivity contribution < 1.29 is 4.79 Å². The molecule has 1 amide bonds. The van der Waals surface area contributed by atoms with Crippen LogP contribution in [0.5, 0.6) is 0 Å². The number of tetrazole rings is 1. The van der Waals surface area contributed by atoms with Crippen LogP contribution in [0.2, 0.25) is 0 Å². The second-order valence-electron chi connectivity index (χ2n) is 7.19. The number of nitrogens with one attached hydrogen (secondary N) is 1. The lowest BCUT2D eigenvalue weighted by molar-refractivity contribution is -0.133. The number of para-hydroxylation sites is 2. The molecule has 1 saturated heterocycles. The van der Waals surface area contributed by atoms with Gasteiger partial charge in [0.25, 0.3) is 0 Å². The van der Waals surface area contributed by atoms with Gasteiger partial charge < -0.3 is 14.8 Å². The van der Waals surface area contributed by atoms with Gasteiger partial charge in [-0.2, -0.15) is 0 Å². The van der Waals surface area contributed by atoms with Gasteiger partial charge >= 0.3 is 0 Å². The Hall–Kier alpha value is -3.16. The van der Waals surface area contributed by atoms with Crippen LogP contribution in [0.15, 0.2) is 48.9 Å². The summed E-state index contributed by atoms with van der Waals surface area (Å²) < 4.78 is 3.87. The summed E-state index contributed by atoms with van der Waals surface area (Å²) in [6.45, 7) is 2.01. The number of carbonyl (C=O) groups is 1. The van der Waals surface area contributed by atoms with Crippen molar-refractivity contribution in [1.29, 1.82) is 0 Å². The molecule has 1 fully saturated rings. The quantitative estimate of drug-likeness (QED) is 0.767. The van der Waals surface area contributed by atoms with Gasteiger partial charge in [0.2, 0.25) is 5.91 Å². The van der Waals surface area contributed by atoms with Crippen molar-refractivity contribution in [2.24, 2.45) is 0 Å². The monoisotopic (exact) mass is 363 g/mol. The van der Waals surface area contributed by atoms with Crippen LogP contribution in [-0.4, -0.2) is 48.7 Å². The van der Waals surface area contributed by atoms with E-state index in [4.69, 9.17) is 0 Å². The van der Waals surface area contributed by atoms with Crippen molar-refractivity contribution in [2.75, 3.05) is 18.4 Å². The van der Waals surface area contributed by atoms with Crippen molar-refractivity contribution >= 4 is 11.6 Å². The highest BCUT2D eigenvalue weighted by atomic mass is 16.2. The molecule has 5 rings (SSSR count). The summed E-state index contributed by atoms with van der Waals surface area (Å²) in [4.78, 5) is 14.5. The van der Waals surface area contributed by atoms with Crippen LogP contribution in [0.4, 0.5) is 5.69 Å². The molecule has 0 unspecified atom stereocenters. The van der Waals surface area contributed by atoms with Crippen LogP contribution in [0.1, 0.15) is 25.0 Å². The molecule has 2 aliphatic heterocycles. The van der Waals surface area contributed by atoms with Gasteiger partial charge in [-0.3, -0.25) is 4.79 Å². The first-order valence-corrected chi connectivity index (χ1v) is 9.29. The number of aromatic nitrogens is 5. The van der Waals surface area contributed by atoms with Crippen molar-refractivity contribution in [1.82, 2.24) is 29.7 Å². The minimum atomic E-state index is -0.121. The lowest BCUT2D eigenvalue weighted by Gasteiger charge is -2.46. The molecule has 0 saturated carbocycles. The van der Waals surface area contributed by atoms with E-state index in [-0.39, 0.29) is 11.4 Å². The van der Waals surface area contributed by atoms with Crippen LogP contribution in [0.3, 0.4) is 0 Å². The van der Waals surface area contributed by atoms with Gasteiger partial charge in [-0.25, -0.2) is 4.68 Å². The fourth-order valence-corrected chi connectivity index (χ4v) is 4.26. The molecule has 27 heavy (non-hydrogen) atoms. The summed E-state index contributed by atoms with van der Waals surface area (Å²) in [7, 11) is 0. The van der Waals surface area contributed by atoms with Gasteiger partial charge in [0.15, 0.2) is 0 Å². The van der Waals surface area contributed by atoms with E-state index in [1.54, 1.807) is 4.68 Å². The highest BCUT2D eigenvalue weighted by Crippen LogP contribution is 2.43.